The van der Waals surface area contributed by atoms with Gasteiger partial charge < -0.3 is 10.3 Å². The van der Waals surface area contributed by atoms with Gasteiger partial charge in [-0.25, -0.2) is 4.98 Å². The zero-order chi connectivity index (χ0) is 9.97. The fourth-order valence-electron chi connectivity index (χ4n) is 1.19. The van der Waals surface area contributed by atoms with Crippen LogP contribution in [0, 0.1) is 12.9 Å². The standard InChI is InChI=1S/C10H10FN3/c1-7-5-8(6-13-10(7)11)14-9-3-2-4-12-9/h2-6,12,14H,1H3. The molecule has 14 heavy (non-hydrogen) atoms. The van der Waals surface area contributed by atoms with Crippen LogP contribution in [0.4, 0.5) is 15.9 Å². The van der Waals surface area contributed by atoms with Crippen molar-refractivity contribution in [3.63, 3.8) is 0 Å². The summed E-state index contributed by atoms with van der Waals surface area (Å²) in [5.74, 6) is 0.430. The van der Waals surface area contributed by atoms with E-state index in [2.05, 4.69) is 15.3 Å². The van der Waals surface area contributed by atoms with E-state index in [1.165, 1.54) is 6.20 Å². The van der Waals surface area contributed by atoms with Gasteiger partial charge in [0, 0.05) is 11.8 Å². The summed E-state index contributed by atoms with van der Waals surface area (Å²) in [7, 11) is 0. The molecule has 2 aromatic heterocycles. The van der Waals surface area contributed by atoms with Gasteiger partial charge in [0.05, 0.1) is 11.9 Å². The molecule has 0 unspecified atom stereocenters. The van der Waals surface area contributed by atoms with E-state index in [1.54, 1.807) is 13.0 Å². The predicted molar refractivity (Wildman–Crippen MR) is 53.0 cm³/mol. The number of nitrogens with one attached hydrogen (secondary N) is 2. The average molecular weight is 191 g/mol. The second kappa shape index (κ2) is 3.49. The van der Waals surface area contributed by atoms with Gasteiger partial charge in [-0.3, -0.25) is 0 Å². The van der Waals surface area contributed by atoms with Gasteiger partial charge >= 0.3 is 0 Å². The van der Waals surface area contributed by atoms with E-state index in [4.69, 9.17) is 0 Å². The van der Waals surface area contributed by atoms with Gasteiger partial charge in [0.25, 0.3) is 0 Å². The van der Waals surface area contributed by atoms with Crippen LogP contribution in [-0.4, -0.2) is 9.97 Å². The molecular weight excluding hydrogens is 181 g/mol. The lowest BCUT2D eigenvalue weighted by molar-refractivity contribution is 0.575. The van der Waals surface area contributed by atoms with Crippen molar-refractivity contribution in [2.24, 2.45) is 0 Å². The molecule has 2 N–H and O–H groups in total. The van der Waals surface area contributed by atoms with E-state index in [0.717, 1.165) is 11.5 Å². The van der Waals surface area contributed by atoms with Crippen molar-refractivity contribution in [3.8, 4) is 0 Å². The summed E-state index contributed by atoms with van der Waals surface area (Å²) in [5.41, 5.74) is 1.30. The van der Waals surface area contributed by atoms with E-state index in [-0.39, 0.29) is 0 Å². The summed E-state index contributed by atoms with van der Waals surface area (Å²) in [6, 6.07) is 5.48. The number of rotatable bonds is 2. The highest BCUT2D eigenvalue weighted by atomic mass is 19.1. The molecule has 2 aromatic rings. The number of H-pyrrole nitrogens is 1. The molecule has 0 bridgehead atoms. The molecule has 72 valence electrons. The molecule has 2 rings (SSSR count). The minimum atomic E-state index is -0.429. The molecule has 0 aliphatic rings. The molecule has 0 aliphatic heterocycles. The summed E-state index contributed by atoms with van der Waals surface area (Å²) in [4.78, 5) is 6.60. The highest BCUT2D eigenvalue weighted by Gasteiger charge is 2.00. The smallest absolute Gasteiger partial charge is 0.215 e. The van der Waals surface area contributed by atoms with Crippen molar-refractivity contribution in [2.45, 2.75) is 6.92 Å². The number of nitrogens with zero attached hydrogens (tertiary/aromatic N) is 1. The van der Waals surface area contributed by atoms with Crippen LogP contribution in [0.25, 0.3) is 0 Å². The second-order valence-electron chi connectivity index (χ2n) is 3.04. The lowest BCUT2D eigenvalue weighted by Gasteiger charge is -2.04. The Labute approximate surface area is 81.0 Å². The van der Waals surface area contributed by atoms with E-state index in [9.17, 15) is 4.39 Å². The Morgan fingerprint density at radius 3 is 3.00 bits per heavy atom. The van der Waals surface area contributed by atoms with Crippen LogP contribution >= 0.6 is 0 Å². The van der Waals surface area contributed by atoms with Gasteiger partial charge in [0.1, 0.15) is 5.82 Å². The normalized spacial score (nSPS) is 10.1. The molecule has 0 aliphatic carbocycles. The number of pyridine rings is 1. The molecule has 0 atom stereocenters. The van der Waals surface area contributed by atoms with Crippen molar-refractivity contribution in [1.29, 1.82) is 0 Å². The Bertz CT molecular complexity index is 423. The SMILES string of the molecule is Cc1cc(Nc2ccc[nH]2)cnc1F. The van der Waals surface area contributed by atoms with Crippen molar-refractivity contribution in [2.75, 3.05) is 5.32 Å². The monoisotopic (exact) mass is 191 g/mol. The highest BCUT2D eigenvalue weighted by molar-refractivity contribution is 5.55. The summed E-state index contributed by atoms with van der Waals surface area (Å²) in [6.07, 6.45) is 3.27. The maximum atomic E-state index is 12.8. The topological polar surface area (TPSA) is 40.7 Å². The molecule has 0 radical (unpaired) electrons. The summed E-state index contributed by atoms with van der Waals surface area (Å²) >= 11 is 0. The number of halogens is 1. The van der Waals surface area contributed by atoms with E-state index >= 15 is 0 Å². The van der Waals surface area contributed by atoms with Crippen molar-refractivity contribution >= 4 is 11.5 Å². The van der Waals surface area contributed by atoms with Gasteiger partial charge in [-0.2, -0.15) is 4.39 Å². The number of aryl methyl sites for hydroxylation is 1. The van der Waals surface area contributed by atoms with Crippen LogP contribution in [0.3, 0.4) is 0 Å². The molecule has 0 saturated carbocycles. The van der Waals surface area contributed by atoms with Gasteiger partial charge in [-0.15, -0.1) is 0 Å². The number of hydrogen-bond donors (Lipinski definition) is 2. The third kappa shape index (κ3) is 1.74. The maximum Gasteiger partial charge on any atom is 0.215 e. The Morgan fingerprint density at radius 1 is 1.50 bits per heavy atom. The van der Waals surface area contributed by atoms with Crippen LogP contribution in [0.2, 0.25) is 0 Å². The summed E-state index contributed by atoms with van der Waals surface area (Å²) < 4.78 is 12.8. The van der Waals surface area contributed by atoms with E-state index < -0.39 is 5.95 Å². The fourth-order valence-corrected chi connectivity index (χ4v) is 1.19. The van der Waals surface area contributed by atoms with Crippen molar-refractivity contribution in [3.05, 3.63) is 42.1 Å². The Morgan fingerprint density at radius 2 is 2.36 bits per heavy atom. The number of hydrogen-bond acceptors (Lipinski definition) is 2. The Hall–Kier alpha value is -1.84. The van der Waals surface area contributed by atoms with Crippen LogP contribution in [0.1, 0.15) is 5.56 Å². The first-order valence-electron chi connectivity index (χ1n) is 4.28. The molecule has 0 aromatic carbocycles. The van der Waals surface area contributed by atoms with Gasteiger partial charge in [-0.05, 0) is 25.1 Å². The molecule has 3 nitrogen and oxygen atoms in total. The molecule has 0 spiro atoms. The predicted octanol–water partition coefficient (Wildman–Crippen LogP) is 2.60. The quantitative estimate of drug-likeness (QED) is 0.716. The number of aromatic amines is 1. The lowest BCUT2D eigenvalue weighted by Crippen LogP contribution is -1.94. The third-order valence-electron chi connectivity index (χ3n) is 1.89. The first kappa shape index (κ1) is 8.74. The van der Waals surface area contributed by atoms with Crippen molar-refractivity contribution in [1.82, 2.24) is 9.97 Å². The minimum absolute atomic E-state index is 0.429. The van der Waals surface area contributed by atoms with Gasteiger partial charge in [0.15, 0.2) is 0 Å². The minimum Gasteiger partial charge on any atom is -0.348 e. The largest absolute Gasteiger partial charge is 0.348 e. The molecule has 0 saturated heterocycles. The van der Waals surface area contributed by atoms with Crippen LogP contribution < -0.4 is 5.32 Å². The summed E-state index contributed by atoms with van der Waals surface area (Å²) in [6.45, 7) is 1.68. The molecule has 0 amide bonds. The highest BCUT2D eigenvalue weighted by Crippen LogP contribution is 2.15. The van der Waals surface area contributed by atoms with Gasteiger partial charge in [0.2, 0.25) is 5.95 Å². The summed E-state index contributed by atoms with van der Waals surface area (Å²) in [5, 5.41) is 3.07. The average Bonchev–Trinajstić information content (AvgIpc) is 2.64. The number of aromatic nitrogens is 2. The van der Waals surface area contributed by atoms with Crippen LogP contribution in [0.15, 0.2) is 30.6 Å². The molecule has 2 heterocycles. The Balaban J connectivity index is 2.22. The molecule has 4 heteroatoms. The second-order valence-corrected chi connectivity index (χ2v) is 3.04. The third-order valence-corrected chi connectivity index (χ3v) is 1.89. The molecule has 0 fully saturated rings. The van der Waals surface area contributed by atoms with Crippen LogP contribution in [0.5, 0.6) is 0 Å². The van der Waals surface area contributed by atoms with Gasteiger partial charge in [-0.1, -0.05) is 0 Å². The fraction of sp³-hybridized carbons (Fsp3) is 0.100. The van der Waals surface area contributed by atoms with Crippen LogP contribution in [-0.2, 0) is 0 Å². The molecular formula is C10H10FN3. The van der Waals surface area contributed by atoms with E-state index in [0.29, 0.717) is 5.56 Å². The lowest BCUT2D eigenvalue weighted by atomic mass is 10.3. The number of anilines is 2. The zero-order valence-corrected chi connectivity index (χ0v) is 7.71. The van der Waals surface area contributed by atoms with E-state index in [1.807, 2.05) is 18.3 Å². The Kier molecular flexibility index (Phi) is 2.18. The first-order valence-corrected chi connectivity index (χ1v) is 4.28. The first-order chi connectivity index (χ1) is 6.75. The van der Waals surface area contributed by atoms with Crippen molar-refractivity contribution < 1.29 is 4.39 Å². The maximum absolute atomic E-state index is 12.8. The zero-order valence-electron chi connectivity index (χ0n) is 7.71.